The van der Waals surface area contributed by atoms with Crippen molar-refractivity contribution in [2.24, 2.45) is 0 Å². The van der Waals surface area contributed by atoms with Gasteiger partial charge in [0.2, 0.25) is 0 Å². The molecule has 2 aromatic carbocycles. The van der Waals surface area contributed by atoms with Crippen LogP contribution in [0.3, 0.4) is 0 Å². The molecule has 0 atom stereocenters. The maximum atomic E-state index is 3.28. The molecule has 3 rings (SSSR count). The van der Waals surface area contributed by atoms with Crippen LogP contribution in [0.15, 0.2) is 36.4 Å². The van der Waals surface area contributed by atoms with E-state index in [4.69, 9.17) is 0 Å². The molecule has 2 aromatic rings. The predicted octanol–water partition coefficient (Wildman–Crippen LogP) is 4.05. The topological polar surface area (TPSA) is 0 Å². The minimum absolute atomic E-state index is 0. The van der Waals surface area contributed by atoms with E-state index >= 15 is 0 Å². The quantitative estimate of drug-likeness (QED) is 0.640. The Bertz CT molecular complexity index is 512. The van der Waals surface area contributed by atoms with Crippen molar-refractivity contribution in [2.45, 2.75) is 12.8 Å². The van der Waals surface area contributed by atoms with Crippen molar-refractivity contribution in [3.63, 3.8) is 0 Å². The third kappa shape index (κ3) is 2.44. The molecule has 0 aromatic heterocycles. The summed E-state index contributed by atoms with van der Waals surface area (Å²) in [6, 6.07) is 14.0. The van der Waals surface area contributed by atoms with Crippen molar-refractivity contribution in [1.82, 2.24) is 0 Å². The third-order valence-corrected chi connectivity index (χ3v) is 2.80. The van der Waals surface area contributed by atoms with Crippen LogP contribution in [0.25, 0.3) is 16.8 Å². The van der Waals surface area contributed by atoms with Crippen LogP contribution in [0, 0.1) is 13.5 Å². The fourth-order valence-electron chi connectivity index (χ4n) is 2.05. The van der Waals surface area contributed by atoms with Crippen molar-refractivity contribution < 1.29 is 32.7 Å². The molecule has 1 radical (unpaired) electrons. The molecule has 0 nitrogen and oxygen atoms in total. The first-order valence-corrected chi connectivity index (χ1v) is 5.03. The standard InChI is InChI=1S/C14H11.CH3.Y/c1-2-6-12-10-14-8-4-3-7-13(14)9-11(12)5-1;;/h1-3,5,7,9-10H,4,8H2;1H3;/q2*-1;. The number of benzene rings is 2. The zero-order chi connectivity index (χ0) is 9.38. The summed E-state index contributed by atoms with van der Waals surface area (Å²) in [5, 5.41) is 2.53. The molecule has 0 amide bonds. The predicted molar refractivity (Wildman–Crippen MR) is 66.6 cm³/mol. The Kier molecular flexibility index (Phi) is 4.89. The third-order valence-electron chi connectivity index (χ3n) is 2.80. The van der Waals surface area contributed by atoms with Crippen LogP contribution in [0.2, 0.25) is 0 Å². The average Bonchev–Trinajstić information content (AvgIpc) is 2.26. The van der Waals surface area contributed by atoms with Gasteiger partial charge in [0.05, 0.1) is 0 Å². The Balaban J connectivity index is 0.000000640. The number of allylic oxidation sites excluding steroid dienone is 1. The average molecular weight is 283 g/mol. The Hall–Kier alpha value is -0.456. The molecule has 1 aliphatic carbocycles. The Morgan fingerprint density at radius 2 is 2.06 bits per heavy atom. The molecule has 1 heteroatoms. The summed E-state index contributed by atoms with van der Waals surface area (Å²) in [5.41, 5.74) is 2.84. The first kappa shape index (κ1) is 13.6. The van der Waals surface area contributed by atoms with Gasteiger partial charge in [0.1, 0.15) is 0 Å². The van der Waals surface area contributed by atoms with Crippen LogP contribution >= 0.6 is 0 Å². The van der Waals surface area contributed by atoms with Crippen molar-refractivity contribution in [1.29, 1.82) is 0 Å². The van der Waals surface area contributed by atoms with Crippen molar-refractivity contribution >= 4 is 16.8 Å². The van der Waals surface area contributed by atoms with Gasteiger partial charge in [-0.25, -0.2) is 0 Å². The van der Waals surface area contributed by atoms with Gasteiger partial charge in [-0.05, 0) is 18.4 Å². The summed E-state index contributed by atoms with van der Waals surface area (Å²) in [5.74, 6) is 0. The minimum atomic E-state index is 0. The first-order valence-electron chi connectivity index (χ1n) is 5.03. The molecule has 1 aliphatic rings. The maximum absolute atomic E-state index is 3.28. The van der Waals surface area contributed by atoms with Crippen LogP contribution < -0.4 is 0 Å². The van der Waals surface area contributed by atoms with Crippen molar-refractivity contribution in [2.75, 3.05) is 0 Å². The van der Waals surface area contributed by atoms with Gasteiger partial charge in [0.15, 0.2) is 0 Å². The molecule has 0 saturated heterocycles. The number of rotatable bonds is 0. The SMILES string of the molecule is [CH3-].[Y].[c-]1cccc2cc3c(cc12)CCC=C3. The van der Waals surface area contributed by atoms with E-state index in [1.54, 1.807) is 0 Å². The molecule has 0 saturated carbocycles. The van der Waals surface area contributed by atoms with Gasteiger partial charge in [-0.1, -0.05) is 23.8 Å². The van der Waals surface area contributed by atoms with Crippen molar-refractivity contribution in [3.8, 4) is 0 Å². The Morgan fingerprint density at radius 1 is 1.19 bits per heavy atom. The van der Waals surface area contributed by atoms with Gasteiger partial charge < -0.3 is 7.43 Å². The molecule has 79 valence electrons. The fourth-order valence-corrected chi connectivity index (χ4v) is 2.05. The van der Waals surface area contributed by atoms with Gasteiger partial charge in [-0.15, -0.1) is 41.1 Å². The summed E-state index contributed by atoms with van der Waals surface area (Å²) < 4.78 is 0. The number of hydrogen-bond acceptors (Lipinski definition) is 0. The normalized spacial score (nSPS) is 12.5. The summed E-state index contributed by atoms with van der Waals surface area (Å²) in [4.78, 5) is 0. The zero-order valence-corrected chi connectivity index (χ0v) is 12.4. The largest absolute Gasteiger partial charge is 0.358 e. The summed E-state index contributed by atoms with van der Waals surface area (Å²) in [6.45, 7) is 0. The second-order valence-corrected chi connectivity index (χ2v) is 3.75. The smallest absolute Gasteiger partial charge is 0 e. The van der Waals surface area contributed by atoms with Crippen LogP contribution in [0.4, 0.5) is 0 Å². The van der Waals surface area contributed by atoms with Crippen LogP contribution in [-0.4, -0.2) is 0 Å². The molecular formula is C15H14Y-2. The van der Waals surface area contributed by atoms with E-state index in [9.17, 15) is 0 Å². The van der Waals surface area contributed by atoms with Gasteiger partial charge in [-0.3, -0.25) is 0 Å². The summed E-state index contributed by atoms with van der Waals surface area (Å²) in [7, 11) is 0. The molecule has 0 heterocycles. The maximum Gasteiger partial charge on any atom is 0 e. The van der Waals surface area contributed by atoms with Gasteiger partial charge in [-0.2, -0.15) is 0 Å². The summed E-state index contributed by atoms with van der Waals surface area (Å²) >= 11 is 0. The molecule has 0 fully saturated rings. The molecular weight excluding hydrogens is 269 g/mol. The second-order valence-electron chi connectivity index (χ2n) is 3.75. The number of aryl methyl sites for hydroxylation is 1. The van der Waals surface area contributed by atoms with Crippen LogP contribution in [-0.2, 0) is 39.1 Å². The van der Waals surface area contributed by atoms with E-state index in [-0.39, 0.29) is 40.1 Å². The van der Waals surface area contributed by atoms with E-state index in [0.29, 0.717) is 0 Å². The molecule has 0 bridgehead atoms. The van der Waals surface area contributed by atoms with Gasteiger partial charge in [0.25, 0.3) is 0 Å². The fraction of sp³-hybridized carbons (Fsp3) is 0.133. The zero-order valence-electron chi connectivity index (χ0n) is 9.53. The Labute approximate surface area is 123 Å². The van der Waals surface area contributed by atoms with E-state index < -0.39 is 0 Å². The van der Waals surface area contributed by atoms with E-state index in [2.05, 4.69) is 36.4 Å². The second kappa shape index (κ2) is 5.75. The van der Waals surface area contributed by atoms with E-state index in [0.717, 1.165) is 0 Å². The molecule has 0 spiro atoms. The van der Waals surface area contributed by atoms with E-state index in [1.165, 1.54) is 34.7 Å². The number of hydrogen-bond donors (Lipinski definition) is 0. The first-order chi connectivity index (χ1) is 6.93. The van der Waals surface area contributed by atoms with E-state index in [1.807, 2.05) is 12.1 Å². The molecule has 0 aliphatic heterocycles. The van der Waals surface area contributed by atoms with Crippen LogP contribution in [0.5, 0.6) is 0 Å². The monoisotopic (exact) mass is 283 g/mol. The molecule has 0 unspecified atom stereocenters. The number of fused-ring (bicyclic) bond motifs is 2. The van der Waals surface area contributed by atoms with Crippen molar-refractivity contribution in [3.05, 3.63) is 61.0 Å². The Morgan fingerprint density at radius 3 is 2.94 bits per heavy atom. The molecule has 0 N–H and O–H groups in total. The van der Waals surface area contributed by atoms with Gasteiger partial charge in [0, 0.05) is 32.7 Å². The molecule has 16 heavy (non-hydrogen) atoms. The van der Waals surface area contributed by atoms with Gasteiger partial charge >= 0.3 is 0 Å². The summed E-state index contributed by atoms with van der Waals surface area (Å²) in [6.07, 6.45) is 6.82. The minimum Gasteiger partial charge on any atom is -0.358 e. The van der Waals surface area contributed by atoms with Crippen LogP contribution in [0.1, 0.15) is 17.5 Å².